The molecule has 0 spiro atoms. The van der Waals surface area contributed by atoms with Crippen molar-refractivity contribution in [2.45, 2.75) is 19.0 Å². The molecule has 134 valence electrons. The lowest BCUT2D eigenvalue weighted by atomic mass is 10.2. The van der Waals surface area contributed by atoms with E-state index in [1.165, 1.54) is 0 Å². The molecule has 0 radical (unpaired) electrons. The first-order valence-electron chi connectivity index (χ1n) is 7.16. The number of alkyl halides is 3. The number of benzene rings is 1. The van der Waals surface area contributed by atoms with Crippen LogP contribution in [0, 0.1) is 0 Å². The number of carbonyl (C=O) groups is 1. The van der Waals surface area contributed by atoms with E-state index in [1.54, 1.807) is 18.2 Å². The zero-order valence-corrected chi connectivity index (χ0v) is 14.3. The molecule has 0 aliphatic rings. The Hall–Kier alpha value is -1.99. The zero-order chi connectivity index (χ0) is 18.4. The number of amides is 1. The van der Waals surface area contributed by atoms with Gasteiger partial charge in [-0.2, -0.15) is 13.2 Å². The Morgan fingerprint density at radius 1 is 1.20 bits per heavy atom. The number of pyridine rings is 1. The quantitative estimate of drug-likeness (QED) is 0.686. The van der Waals surface area contributed by atoms with Crippen LogP contribution >= 0.6 is 23.2 Å². The number of carbonyl (C=O) groups excluding carboxylic acids is 1. The van der Waals surface area contributed by atoms with E-state index in [1.807, 2.05) is 0 Å². The average Bonchev–Trinajstić information content (AvgIpc) is 2.53. The van der Waals surface area contributed by atoms with Gasteiger partial charge in [-0.1, -0.05) is 23.2 Å². The fourth-order valence-corrected chi connectivity index (χ4v) is 2.31. The van der Waals surface area contributed by atoms with Crippen LogP contribution in [0.4, 0.5) is 19.0 Å². The molecule has 0 aliphatic heterocycles. The summed E-state index contributed by atoms with van der Waals surface area (Å²) in [7, 11) is 0. The summed E-state index contributed by atoms with van der Waals surface area (Å²) in [6.45, 7) is 0.245. The van der Waals surface area contributed by atoms with Crippen molar-refractivity contribution in [1.29, 1.82) is 0 Å². The van der Waals surface area contributed by atoms with Gasteiger partial charge < -0.3 is 10.1 Å². The smallest absolute Gasteiger partial charge is 0.417 e. The molecule has 0 fully saturated rings. The van der Waals surface area contributed by atoms with Gasteiger partial charge in [0.15, 0.2) is 0 Å². The topological polar surface area (TPSA) is 51.2 Å². The van der Waals surface area contributed by atoms with Crippen LogP contribution in [0.2, 0.25) is 10.0 Å². The van der Waals surface area contributed by atoms with Crippen molar-refractivity contribution in [1.82, 2.24) is 4.98 Å². The molecule has 2 rings (SSSR count). The zero-order valence-electron chi connectivity index (χ0n) is 12.7. The SMILES string of the molecule is O=C(CCCOc1ccc(Cl)cc1Cl)Nc1ccc(C(F)(F)F)cn1. The third-order valence-electron chi connectivity index (χ3n) is 3.06. The van der Waals surface area contributed by atoms with Crippen LogP contribution in [0.5, 0.6) is 5.75 Å². The maximum Gasteiger partial charge on any atom is 0.417 e. The number of hydrogen-bond donors (Lipinski definition) is 1. The van der Waals surface area contributed by atoms with Crippen molar-refractivity contribution in [2.75, 3.05) is 11.9 Å². The average molecular weight is 393 g/mol. The molecule has 1 heterocycles. The van der Waals surface area contributed by atoms with Crippen LogP contribution in [0.25, 0.3) is 0 Å². The Bertz CT molecular complexity index is 737. The standard InChI is InChI=1S/C16H13Cl2F3N2O2/c17-11-4-5-13(12(18)8-11)25-7-1-2-15(24)23-14-6-3-10(9-22-14)16(19,20)21/h3-6,8-9H,1-2,7H2,(H,22,23,24). The molecule has 4 nitrogen and oxygen atoms in total. The van der Waals surface area contributed by atoms with Gasteiger partial charge in [-0.05, 0) is 36.8 Å². The van der Waals surface area contributed by atoms with Crippen molar-refractivity contribution in [3.63, 3.8) is 0 Å². The van der Waals surface area contributed by atoms with Crippen LogP contribution in [-0.4, -0.2) is 17.5 Å². The molecule has 2 aromatic rings. The Morgan fingerprint density at radius 3 is 2.56 bits per heavy atom. The first kappa shape index (κ1) is 19.3. The lowest BCUT2D eigenvalue weighted by Gasteiger charge is -2.09. The summed E-state index contributed by atoms with van der Waals surface area (Å²) in [5.74, 6) is 0.133. The Labute approximate surface area is 151 Å². The van der Waals surface area contributed by atoms with E-state index in [-0.39, 0.29) is 24.8 Å². The lowest BCUT2D eigenvalue weighted by Crippen LogP contribution is -2.14. The van der Waals surface area contributed by atoms with Crippen molar-refractivity contribution in [2.24, 2.45) is 0 Å². The highest BCUT2D eigenvalue weighted by Crippen LogP contribution is 2.29. The molecule has 0 saturated heterocycles. The summed E-state index contributed by atoms with van der Waals surface area (Å²) in [6, 6.07) is 6.75. The summed E-state index contributed by atoms with van der Waals surface area (Å²) < 4.78 is 42.7. The Kier molecular flexibility index (Phi) is 6.50. The van der Waals surface area contributed by atoms with E-state index in [0.717, 1.165) is 12.1 Å². The van der Waals surface area contributed by atoms with Gasteiger partial charge >= 0.3 is 6.18 Å². The molecule has 0 aliphatic carbocycles. The van der Waals surface area contributed by atoms with Crippen LogP contribution in [0.3, 0.4) is 0 Å². The second-order valence-electron chi connectivity index (χ2n) is 5.00. The van der Waals surface area contributed by atoms with Crippen LogP contribution in [0.1, 0.15) is 18.4 Å². The molecule has 0 bridgehead atoms. The summed E-state index contributed by atoms with van der Waals surface area (Å²) >= 11 is 11.7. The predicted molar refractivity (Wildman–Crippen MR) is 89.1 cm³/mol. The van der Waals surface area contributed by atoms with Gasteiger partial charge in [0.1, 0.15) is 11.6 Å². The van der Waals surface area contributed by atoms with Crippen LogP contribution in [-0.2, 0) is 11.0 Å². The number of halogens is 5. The molecular weight excluding hydrogens is 380 g/mol. The Balaban J connectivity index is 1.75. The maximum absolute atomic E-state index is 12.4. The number of anilines is 1. The predicted octanol–water partition coefficient (Wildman–Crippen LogP) is 5.20. The third kappa shape index (κ3) is 6.10. The first-order chi connectivity index (χ1) is 11.8. The van der Waals surface area contributed by atoms with Crippen LogP contribution in [0.15, 0.2) is 36.5 Å². The Morgan fingerprint density at radius 2 is 1.96 bits per heavy atom. The van der Waals surface area contributed by atoms with Crippen LogP contribution < -0.4 is 10.1 Å². The minimum absolute atomic E-state index is 0.0552. The van der Waals surface area contributed by atoms with Gasteiger partial charge in [-0.3, -0.25) is 4.79 Å². The van der Waals surface area contributed by atoms with E-state index < -0.39 is 11.7 Å². The number of ether oxygens (including phenoxy) is 1. The second-order valence-corrected chi connectivity index (χ2v) is 5.85. The molecule has 0 atom stereocenters. The van der Waals surface area contributed by atoms with E-state index in [4.69, 9.17) is 27.9 Å². The summed E-state index contributed by atoms with van der Waals surface area (Å²) in [5.41, 5.74) is -0.876. The highest BCUT2D eigenvalue weighted by atomic mass is 35.5. The number of rotatable bonds is 6. The normalized spacial score (nSPS) is 11.2. The largest absolute Gasteiger partial charge is 0.492 e. The number of nitrogens with zero attached hydrogens (tertiary/aromatic N) is 1. The molecule has 9 heteroatoms. The lowest BCUT2D eigenvalue weighted by molar-refractivity contribution is -0.137. The van der Waals surface area contributed by atoms with Gasteiger partial charge in [-0.15, -0.1) is 0 Å². The fourth-order valence-electron chi connectivity index (χ4n) is 1.85. The van der Waals surface area contributed by atoms with Gasteiger partial charge in [0, 0.05) is 17.6 Å². The molecule has 0 saturated carbocycles. The van der Waals surface area contributed by atoms with Gasteiger partial charge in [0.25, 0.3) is 0 Å². The van der Waals surface area contributed by atoms with E-state index in [0.29, 0.717) is 28.4 Å². The molecule has 0 unspecified atom stereocenters. The van der Waals surface area contributed by atoms with E-state index >= 15 is 0 Å². The van der Waals surface area contributed by atoms with Crippen molar-refractivity contribution < 1.29 is 22.7 Å². The van der Waals surface area contributed by atoms with Gasteiger partial charge in [0.05, 0.1) is 17.2 Å². The highest BCUT2D eigenvalue weighted by molar-refractivity contribution is 6.35. The first-order valence-corrected chi connectivity index (χ1v) is 7.92. The van der Waals surface area contributed by atoms with Crippen molar-refractivity contribution >= 4 is 34.9 Å². The monoisotopic (exact) mass is 392 g/mol. The molecule has 25 heavy (non-hydrogen) atoms. The summed E-state index contributed by atoms with van der Waals surface area (Å²) in [6.07, 6.45) is -3.28. The molecule has 1 N–H and O–H groups in total. The summed E-state index contributed by atoms with van der Waals surface area (Å²) in [5, 5.41) is 3.28. The van der Waals surface area contributed by atoms with E-state index in [2.05, 4.69) is 10.3 Å². The van der Waals surface area contributed by atoms with E-state index in [9.17, 15) is 18.0 Å². The third-order valence-corrected chi connectivity index (χ3v) is 3.59. The highest BCUT2D eigenvalue weighted by Gasteiger charge is 2.30. The molecule has 1 aromatic heterocycles. The van der Waals surface area contributed by atoms with Crippen molar-refractivity contribution in [3.05, 3.63) is 52.1 Å². The second kappa shape index (κ2) is 8.40. The number of nitrogens with one attached hydrogen (secondary N) is 1. The minimum Gasteiger partial charge on any atom is -0.492 e. The van der Waals surface area contributed by atoms with Gasteiger partial charge in [0.2, 0.25) is 5.91 Å². The minimum atomic E-state index is -4.46. The fraction of sp³-hybridized carbons (Fsp3) is 0.250. The number of aromatic nitrogens is 1. The number of hydrogen-bond acceptors (Lipinski definition) is 3. The van der Waals surface area contributed by atoms with Gasteiger partial charge in [-0.25, -0.2) is 4.98 Å². The molecule has 1 amide bonds. The summed E-state index contributed by atoms with van der Waals surface area (Å²) in [4.78, 5) is 15.3. The van der Waals surface area contributed by atoms with Crippen molar-refractivity contribution in [3.8, 4) is 5.75 Å². The molecular formula is C16H13Cl2F3N2O2. The maximum atomic E-state index is 12.4. The molecule has 1 aromatic carbocycles.